The van der Waals surface area contributed by atoms with Crippen LogP contribution in [0.5, 0.6) is 46.0 Å². The highest BCUT2D eigenvalue weighted by Gasteiger charge is 2.37. The Balaban J connectivity index is 1.32. The number of non-ortho nitro benzene ring substituents is 1. The molecule has 0 amide bonds. The minimum Gasteiger partial charge on any atom is -0.508 e. The molecule has 0 spiro atoms. The van der Waals surface area contributed by atoms with Crippen LogP contribution in [0.4, 0.5) is 5.69 Å². The smallest absolute Gasteiger partial charge is 0.508 e. The van der Waals surface area contributed by atoms with Crippen LogP contribution in [0.15, 0.2) is 82.0 Å². The molecule has 48 heavy (non-hydrogen) atoms. The van der Waals surface area contributed by atoms with E-state index in [0.29, 0.717) is 5.56 Å². The monoisotopic (exact) mass is 681 g/mol. The van der Waals surface area contributed by atoms with Gasteiger partial charge in [0.2, 0.25) is 11.2 Å². The lowest BCUT2D eigenvalue weighted by atomic mass is 10.0. The number of aromatic hydroxyl groups is 4. The number of methoxy groups -OCH3 is 1. The first kappa shape index (κ1) is 32.0. The molecule has 3 unspecified atom stereocenters. The number of phenolic OH excluding ortho intramolecular Hbond substituents is 3. The van der Waals surface area contributed by atoms with E-state index in [9.17, 15) is 44.8 Å². The molecule has 5 aromatic rings. The standard InChI is InChI=1S/C31H24NO15P/c1-42-23-10-15(2-8-20(23)34)30-26(14-43-48(40,41)47-19-6-4-17(5-7-19)32(38)39)44-22-9-3-16(11-24(22)45-30)31-29(37)28(36)27-21(35)12-18(33)13-25(27)46-31/h2-13,26,30,33-35,37H,14H2,1H3,(H,40,41). The summed E-state index contributed by atoms with van der Waals surface area (Å²) in [6, 6.07) is 15.0. The maximum absolute atomic E-state index is 12.9. The summed E-state index contributed by atoms with van der Waals surface area (Å²) < 4.78 is 46.3. The van der Waals surface area contributed by atoms with Crippen molar-refractivity contribution in [1.29, 1.82) is 0 Å². The van der Waals surface area contributed by atoms with Crippen LogP contribution in [0.2, 0.25) is 0 Å². The maximum Gasteiger partial charge on any atom is 0.527 e. The summed E-state index contributed by atoms with van der Waals surface area (Å²) in [5.74, 6) is -2.16. The Morgan fingerprint density at radius 1 is 0.917 bits per heavy atom. The number of benzene rings is 4. The third-order valence-corrected chi connectivity index (χ3v) is 8.13. The van der Waals surface area contributed by atoms with Gasteiger partial charge in [-0.25, -0.2) is 4.57 Å². The molecule has 4 aromatic carbocycles. The average molecular weight is 681 g/mol. The molecular weight excluding hydrogens is 657 g/mol. The fraction of sp³-hybridized carbons (Fsp3) is 0.129. The van der Waals surface area contributed by atoms with Gasteiger partial charge in [-0.3, -0.25) is 24.3 Å². The summed E-state index contributed by atoms with van der Waals surface area (Å²) in [4.78, 5) is 33.6. The highest BCUT2D eigenvalue weighted by atomic mass is 31.2. The highest BCUT2D eigenvalue weighted by molar-refractivity contribution is 7.47. The van der Waals surface area contributed by atoms with Crippen molar-refractivity contribution in [3.8, 4) is 57.3 Å². The highest BCUT2D eigenvalue weighted by Crippen LogP contribution is 2.48. The maximum atomic E-state index is 12.9. The van der Waals surface area contributed by atoms with Crippen LogP contribution in [0.25, 0.3) is 22.3 Å². The lowest BCUT2D eigenvalue weighted by Crippen LogP contribution is -2.36. The van der Waals surface area contributed by atoms with Gasteiger partial charge in [-0.15, -0.1) is 0 Å². The number of hydrogen-bond donors (Lipinski definition) is 5. The van der Waals surface area contributed by atoms with Gasteiger partial charge in [0, 0.05) is 35.4 Å². The van der Waals surface area contributed by atoms with E-state index in [2.05, 4.69) is 0 Å². The van der Waals surface area contributed by atoms with E-state index in [-0.39, 0.29) is 62.5 Å². The number of rotatable bonds is 9. The Bertz CT molecular complexity index is 2170. The summed E-state index contributed by atoms with van der Waals surface area (Å²) in [6.07, 6.45) is -2.19. The first-order chi connectivity index (χ1) is 22.8. The van der Waals surface area contributed by atoms with Crippen LogP contribution < -0.4 is 24.2 Å². The van der Waals surface area contributed by atoms with Crippen LogP contribution in [-0.4, -0.2) is 50.1 Å². The number of phenols is 3. The number of fused-ring (bicyclic) bond motifs is 2. The normalized spacial score (nSPS) is 16.6. The number of phosphoric acid groups is 1. The fourth-order valence-corrected chi connectivity index (χ4v) is 5.75. The quantitative estimate of drug-likeness (QED) is 0.0756. The second-order valence-corrected chi connectivity index (χ2v) is 11.7. The third kappa shape index (κ3) is 6.22. The average Bonchev–Trinajstić information content (AvgIpc) is 3.04. The summed E-state index contributed by atoms with van der Waals surface area (Å²) in [5.41, 5.74) is -0.881. The predicted molar refractivity (Wildman–Crippen MR) is 165 cm³/mol. The van der Waals surface area contributed by atoms with Gasteiger partial charge in [0.05, 0.1) is 12.0 Å². The molecule has 17 heteroatoms. The van der Waals surface area contributed by atoms with E-state index in [1.807, 2.05) is 0 Å². The molecule has 2 heterocycles. The van der Waals surface area contributed by atoms with Gasteiger partial charge in [-0.2, -0.15) is 0 Å². The van der Waals surface area contributed by atoms with E-state index < -0.39 is 48.5 Å². The van der Waals surface area contributed by atoms with Gasteiger partial charge in [0.15, 0.2) is 41.0 Å². The van der Waals surface area contributed by atoms with Crippen molar-refractivity contribution in [3.05, 3.63) is 98.7 Å². The number of nitrogens with zero attached hydrogens (tertiary/aromatic N) is 1. The summed E-state index contributed by atoms with van der Waals surface area (Å²) >= 11 is 0. The number of nitro groups is 1. The Morgan fingerprint density at radius 3 is 2.38 bits per heavy atom. The van der Waals surface area contributed by atoms with Crippen LogP contribution in [0, 0.1) is 10.1 Å². The van der Waals surface area contributed by atoms with Crippen molar-refractivity contribution in [1.82, 2.24) is 0 Å². The van der Waals surface area contributed by atoms with Crippen LogP contribution >= 0.6 is 7.82 Å². The molecule has 0 saturated heterocycles. The summed E-state index contributed by atoms with van der Waals surface area (Å²) in [7, 11) is -3.47. The minimum absolute atomic E-state index is 0.0796. The van der Waals surface area contributed by atoms with Gasteiger partial charge < -0.3 is 43.6 Å². The zero-order chi connectivity index (χ0) is 34.3. The zero-order valence-corrected chi connectivity index (χ0v) is 25.4. The van der Waals surface area contributed by atoms with Crippen molar-refractivity contribution in [3.63, 3.8) is 0 Å². The molecule has 0 fully saturated rings. The second-order valence-electron chi connectivity index (χ2n) is 10.3. The molecule has 1 aliphatic heterocycles. The van der Waals surface area contributed by atoms with Gasteiger partial charge in [-0.1, -0.05) is 6.07 Å². The number of hydrogen-bond acceptors (Lipinski definition) is 14. The Morgan fingerprint density at radius 2 is 1.67 bits per heavy atom. The first-order valence-corrected chi connectivity index (χ1v) is 15.3. The van der Waals surface area contributed by atoms with Crippen molar-refractivity contribution in [2.24, 2.45) is 0 Å². The number of ether oxygens (including phenoxy) is 3. The molecule has 5 N–H and O–H groups in total. The molecular formula is C31H24NO15P. The molecule has 248 valence electrons. The van der Waals surface area contributed by atoms with Crippen LogP contribution in [-0.2, 0) is 9.09 Å². The zero-order valence-electron chi connectivity index (χ0n) is 24.5. The molecule has 3 atom stereocenters. The van der Waals surface area contributed by atoms with Crippen LogP contribution in [0.3, 0.4) is 0 Å². The predicted octanol–water partition coefficient (Wildman–Crippen LogP) is 5.28. The second kappa shape index (κ2) is 12.3. The molecule has 0 aliphatic carbocycles. The number of nitro benzene ring substituents is 1. The van der Waals surface area contributed by atoms with Crippen molar-refractivity contribution >= 4 is 24.5 Å². The Kier molecular flexibility index (Phi) is 8.22. The van der Waals surface area contributed by atoms with Crippen molar-refractivity contribution < 1.29 is 62.5 Å². The molecule has 16 nitrogen and oxygen atoms in total. The molecule has 0 bridgehead atoms. The largest absolute Gasteiger partial charge is 0.527 e. The van der Waals surface area contributed by atoms with E-state index in [1.165, 1.54) is 43.5 Å². The third-order valence-electron chi connectivity index (χ3n) is 7.21. The van der Waals surface area contributed by atoms with Gasteiger partial charge in [-0.05, 0) is 42.5 Å². The minimum atomic E-state index is -4.81. The van der Waals surface area contributed by atoms with E-state index in [1.54, 1.807) is 0 Å². The lowest BCUT2D eigenvalue weighted by molar-refractivity contribution is -0.384. The summed E-state index contributed by atoms with van der Waals surface area (Å²) in [5, 5.41) is 51.4. The lowest BCUT2D eigenvalue weighted by Gasteiger charge is -2.34. The molecule has 6 rings (SSSR count). The van der Waals surface area contributed by atoms with E-state index in [0.717, 1.165) is 36.4 Å². The van der Waals surface area contributed by atoms with Crippen molar-refractivity contribution in [2.45, 2.75) is 12.2 Å². The Labute approximate surface area is 268 Å². The summed E-state index contributed by atoms with van der Waals surface area (Å²) in [6.45, 7) is -0.580. The van der Waals surface area contributed by atoms with Gasteiger partial charge >= 0.3 is 7.82 Å². The SMILES string of the molecule is COc1cc(C2Oc3cc(-c4oc5cc(O)cc(O)c5c(=O)c4O)ccc3OC2COP(=O)(O)Oc2ccc([N+](=O)[O-])cc2)ccc1O. The van der Waals surface area contributed by atoms with Gasteiger partial charge in [0.1, 0.15) is 34.8 Å². The van der Waals surface area contributed by atoms with Crippen LogP contribution in [0.1, 0.15) is 11.7 Å². The molecule has 0 saturated carbocycles. The van der Waals surface area contributed by atoms with E-state index in [4.69, 9.17) is 27.7 Å². The van der Waals surface area contributed by atoms with Crippen molar-refractivity contribution in [2.75, 3.05) is 13.7 Å². The molecule has 0 radical (unpaired) electrons. The van der Waals surface area contributed by atoms with E-state index >= 15 is 0 Å². The molecule has 1 aliphatic rings. The first-order valence-electron chi connectivity index (χ1n) is 13.8. The van der Waals surface area contributed by atoms with Gasteiger partial charge in [0.25, 0.3) is 5.69 Å². The fourth-order valence-electron chi connectivity index (χ4n) is 4.98. The molecule has 1 aromatic heterocycles. The topological polar surface area (TPSA) is 238 Å². The Hall–Kier alpha value is -5.96. The number of phosphoric ester groups is 1.